The van der Waals surface area contributed by atoms with Gasteiger partial charge in [-0.15, -0.1) is 11.3 Å². The summed E-state index contributed by atoms with van der Waals surface area (Å²) in [6.07, 6.45) is 3.68. The van der Waals surface area contributed by atoms with E-state index in [0.29, 0.717) is 0 Å². The van der Waals surface area contributed by atoms with Crippen LogP contribution < -0.4 is 5.32 Å². The van der Waals surface area contributed by atoms with Crippen molar-refractivity contribution in [2.75, 3.05) is 6.54 Å². The Morgan fingerprint density at radius 3 is 2.88 bits per heavy atom. The molecule has 0 saturated carbocycles. The molecule has 3 nitrogen and oxygen atoms in total. The lowest BCUT2D eigenvalue weighted by atomic mass is 10.1. The molecule has 2 aromatic rings. The first-order chi connectivity index (χ1) is 8.33. The molecule has 0 radical (unpaired) electrons. The first-order valence-corrected chi connectivity index (χ1v) is 6.91. The third kappa shape index (κ3) is 3.17. The van der Waals surface area contributed by atoms with Crippen LogP contribution in [0.1, 0.15) is 36.4 Å². The molecule has 0 aromatic carbocycles. The van der Waals surface area contributed by atoms with Gasteiger partial charge in [-0.3, -0.25) is 0 Å². The Hall–Kier alpha value is -1.13. The largest absolute Gasteiger partial charge is 0.464 e. The van der Waals surface area contributed by atoms with Crippen molar-refractivity contribution in [2.24, 2.45) is 0 Å². The summed E-state index contributed by atoms with van der Waals surface area (Å²) >= 11 is 1.69. The highest BCUT2D eigenvalue weighted by molar-refractivity contribution is 7.09. The van der Waals surface area contributed by atoms with Crippen molar-refractivity contribution in [1.29, 1.82) is 0 Å². The minimum absolute atomic E-state index is 0.228. The number of furan rings is 1. The highest BCUT2D eigenvalue weighted by atomic mass is 32.1. The number of likely N-dealkylation sites (N-methyl/N-ethyl adjacent to an activating group) is 1. The Morgan fingerprint density at radius 2 is 2.29 bits per heavy atom. The van der Waals surface area contributed by atoms with Gasteiger partial charge < -0.3 is 9.73 Å². The molecule has 92 valence electrons. The molecule has 2 heterocycles. The molecule has 0 aliphatic heterocycles. The number of thiazole rings is 1. The smallest absolute Gasteiger partial charge is 0.121 e. The molecular weight excluding hydrogens is 232 g/mol. The number of nitrogens with one attached hydrogen (secondary N) is 1. The summed E-state index contributed by atoms with van der Waals surface area (Å²) in [4.78, 5) is 4.33. The lowest BCUT2D eigenvalue weighted by molar-refractivity contribution is 0.396. The van der Waals surface area contributed by atoms with E-state index >= 15 is 0 Å². The SMILES string of the molecule is CCNC(Cc1nccs1)c1ccc(CC)o1. The molecule has 0 bridgehead atoms. The molecule has 0 aliphatic rings. The lowest BCUT2D eigenvalue weighted by Crippen LogP contribution is -2.22. The summed E-state index contributed by atoms with van der Waals surface area (Å²) in [5, 5.41) is 6.60. The van der Waals surface area contributed by atoms with Crippen molar-refractivity contribution >= 4 is 11.3 Å². The van der Waals surface area contributed by atoms with Gasteiger partial charge in [0.05, 0.1) is 11.0 Å². The van der Waals surface area contributed by atoms with Crippen LogP contribution in [-0.4, -0.2) is 11.5 Å². The Kier molecular flexibility index (Phi) is 4.34. The van der Waals surface area contributed by atoms with E-state index < -0.39 is 0 Å². The van der Waals surface area contributed by atoms with Gasteiger partial charge >= 0.3 is 0 Å². The maximum atomic E-state index is 5.81. The molecule has 17 heavy (non-hydrogen) atoms. The quantitative estimate of drug-likeness (QED) is 0.855. The van der Waals surface area contributed by atoms with Gasteiger partial charge in [0.25, 0.3) is 0 Å². The highest BCUT2D eigenvalue weighted by Crippen LogP contribution is 2.22. The number of hydrogen-bond donors (Lipinski definition) is 1. The lowest BCUT2D eigenvalue weighted by Gasteiger charge is -2.13. The average molecular weight is 250 g/mol. The molecule has 0 fully saturated rings. The first-order valence-electron chi connectivity index (χ1n) is 6.03. The molecule has 4 heteroatoms. The van der Waals surface area contributed by atoms with Crippen molar-refractivity contribution in [3.05, 3.63) is 40.2 Å². The molecule has 1 N–H and O–H groups in total. The molecule has 2 aromatic heterocycles. The number of aryl methyl sites for hydroxylation is 1. The van der Waals surface area contributed by atoms with Crippen LogP contribution in [0, 0.1) is 0 Å². The summed E-state index contributed by atoms with van der Waals surface area (Å²) in [6, 6.07) is 4.35. The van der Waals surface area contributed by atoms with Gasteiger partial charge in [-0.2, -0.15) is 0 Å². The highest BCUT2D eigenvalue weighted by Gasteiger charge is 2.16. The molecule has 1 atom stereocenters. The normalized spacial score (nSPS) is 12.8. The maximum Gasteiger partial charge on any atom is 0.121 e. The van der Waals surface area contributed by atoms with E-state index in [-0.39, 0.29) is 6.04 Å². The van der Waals surface area contributed by atoms with Gasteiger partial charge in [0.15, 0.2) is 0 Å². The minimum atomic E-state index is 0.228. The fraction of sp³-hybridized carbons (Fsp3) is 0.462. The predicted octanol–water partition coefficient (Wildman–Crippen LogP) is 3.19. The fourth-order valence-electron chi connectivity index (χ4n) is 1.82. The van der Waals surface area contributed by atoms with Crippen molar-refractivity contribution in [3.8, 4) is 0 Å². The van der Waals surface area contributed by atoms with Crippen LogP contribution >= 0.6 is 11.3 Å². The molecule has 1 unspecified atom stereocenters. The van der Waals surface area contributed by atoms with E-state index in [1.54, 1.807) is 11.3 Å². The van der Waals surface area contributed by atoms with Gasteiger partial charge in [-0.25, -0.2) is 4.98 Å². The van der Waals surface area contributed by atoms with E-state index in [1.165, 1.54) is 0 Å². The zero-order chi connectivity index (χ0) is 12.1. The average Bonchev–Trinajstić information content (AvgIpc) is 2.99. The molecular formula is C13H18N2OS. The van der Waals surface area contributed by atoms with E-state index in [2.05, 4.69) is 36.3 Å². The molecule has 0 aliphatic carbocycles. The van der Waals surface area contributed by atoms with Gasteiger partial charge in [0, 0.05) is 24.4 Å². The molecule has 0 amide bonds. The Balaban J connectivity index is 2.10. The van der Waals surface area contributed by atoms with Crippen molar-refractivity contribution in [3.63, 3.8) is 0 Å². The number of rotatable bonds is 6. The second kappa shape index (κ2) is 5.98. The van der Waals surface area contributed by atoms with Gasteiger partial charge in [-0.05, 0) is 18.7 Å². The molecule has 0 spiro atoms. The molecule has 2 rings (SSSR count). The summed E-state index contributed by atoms with van der Waals surface area (Å²) in [7, 11) is 0. The maximum absolute atomic E-state index is 5.81. The van der Waals surface area contributed by atoms with Crippen LogP contribution in [0.15, 0.2) is 28.1 Å². The zero-order valence-corrected chi connectivity index (χ0v) is 11.1. The van der Waals surface area contributed by atoms with Gasteiger partial charge in [0.1, 0.15) is 11.5 Å². The van der Waals surface area contributed by atoms with Crippen LogP contribution in [0.4, 0.5) is 0 Å². The first kappa shape index (κ1) is 12.3. The summed E-state index contributed by atoms with van der Waals surface area (Å²) in [5.74, 6) is 2.06. The number of hydrogen-bond acceptors (Lipinski definition) is 4. The summed E-state index contributed by atoms with van der Waals surface area (Å²) in [6.45, 7) is 5.14. The van der Waals surface area contributed by atoms with E-state index in [4.69, 9.17) is 4.42 Å². The second-order valence-corrected chi connectivity index (χ2v) is 4.88. The van der Waals surface area contributed by atoms with Crippen LogP contribution in [0.5, 0.6) is 0 Å². The third-order valence-corrected chi connectivity index (χ3v) is 3.49. The van der Waals surface area contributed by atoms with Crippen LogP contribution in [0.2, 0.25) is 0 Å². The Morgan fingerprint density at radius 1 is 1.41 bits per heavy atom. The number of nitrogens with zero attached hydrogens (tertiary/aromatic N) is 1. The Bertz CT molecular complexity index is 436. The van der Waals surface area contributed by atoms with Gasteiger partial charge in [-0.1, -0.05) is 13.8 Å². The molecule has 0 saturated heterocycles. The van der Waals surface area contributed by atoms with E-state index in [9.17, 15) is 0 Å². The second-order valence-electron chi connectivity index (χ2n) is 3.90. The van der Waals surface area contributed by atoms with Crippen LogP contribution in [0.25, 0.3) is 0 Å². The van der Waals surface area contributed by atoms with E-state index in [1.807, 2.05) is 11.6 Å². The summed E-state index contributed by atoms with van der Waals surface area (Å²) < 4.78 is 5.81. The van der Waals surface area contributed by atoms with Crippen molar-refractivity contribution < 1.29 is 4.42 Å². The van der Waals surface area contributed by atoms with Crippen LogP contribution in [-0.2, 0) is 12.8 Å². The fourth-order valence-corrected chi connectivity index (χ4v) is 2.48. The number of aromatic nitrogens is 1. The summed E-state index contributed by atoms with van der Waals surface area (Å²) in [5.41, 5.74) is 0. The van der Waals surface area contributed by atoms with Gasteiger partial charge in [0.2, 0.25) is 0 Å². The zero-order valence-electron chi connectivity index (χ0n) is 10.3. The van der Waals surface area contributed by atoms with Crippen molar-refractivity contribution in [2.45, 2.75) is 32.7 Å². The Labute approximate surface area is 106 Å². The van der Waals surface area contributed by atoms with Crippen LogP contribution in [0.3, 0.4) is 0 Å². The van der Waals surface area contributed by atoms with E-state index in [0.717, 1.165) is 35.9 Å². The minimum Gasteiger partial charge on any atom is -0.464 e. The topological polar surface area (TPSA) is 38.1 Å². The predicted molar refractivity (Wildman–Crippen MR) is 70.3 cm³/mol. The third-order valence-electron chi connectivity index (χ3n) is 2.69. The monoisotopic (exact) mass is 250 g/mol. The standard InChI is InChI=1S/C13H18N2OS/c1-3-10-5-6-12(16-10)11(14-4-2)9-13-15-7-8-17-13/h5-8,11,14H,3-4,9H2,1-2H3. The van der Waals surface area contributed by atoms with Crippen molar-refractivity contribution in [1.82, 2.24) is 10.3 Å².